The van der Waals surface area contributed by atoms with Gasteiger partial charge in [-0.25, -0.2) is 0 Å². The molecule has 166 valence electrons. The summed E-state index contributed by atoms with van der Waals surface area (Å²) in [6.45, 7) is 3.44. The second kappa shape index (κ2) is 8.28. The number of hydrogen-bond acceptors (Lipinski definition) is 4. The minimum atomic E-state index is -0.394. The Morgan fingerprint density at radius 2 is 1.61 bits per heavy atom. The van der Waals surface area contributed by atoms with Crippen LogP contribution in [0.15, 0.2) is 72.8 Å². The fourth-order valence-electron chi connectivity index (χ4n) is 5.07. The summed E-state index contributed by atoms with van der Waals surface area (Å²) in [5.41, 5.74) is 1.24. The number of amides is 2. The SMILES string of the molecule is O=C1C2CN(Cc3ccc4ccccc4c3)CCN2C(=O)CN1Cc1cc2ccccc2s1. The molecule has 1 atom stereocenters. The number of nitrogens with zero attached hydrogens (tertiary/aromatic N) is 3. The maximum Gasteiger partial charge on any atom is 0.247 e. The number of thiophene rings is 1. The topological polar surface area (TPSA) is 43.9 Å². The number of hydrogen-bond donors (Lipinski definition) is 0. The van der Waals surface area contributed by atoms with Crippen molar-refractivity contribution in [3.8, 4) is 0 Å². The summed E-state index contributed by atoms with van der Waals surface area (Å²) < 4.78 is 1.21. The van der Waals surface area contributed by atoms with Crippen LogP contribution in [0.5, 0.6) is 0 Å². The Morgan fingerprint density at radius 1 is 0.818 bits per heavy atom. The minimum Gasteiger partial charge on any atom is -0.327 e. The zero-order chi connectivity index (χ0) is 22.4. The first-order valence-electron chi connectivity index (χ1n) is 11.4. The van der Waals surface area contributed by atoms with Gasteiger partial charge in [-0.1, -0.05) is 54.6 Å². The van der Waals surface area contributed by atoms with Crippen LogP contribution in [0.1, 0.15) is 10.4 Å². The second-order valence-electron chi connectivity index (χ2n) is 8.96. The van der Waals surface area contributed by atoms with E-state index in [9.17, 15) is 9.59 Å². The van der Waals surface area contributed by atoms with Crippen LogP contribution in [0, 0.1) is 0 Å². The van der Waals surface area contributed by atoms with E-state index in [0.717, 1.165) is 18.0 Å². The van der Waals surface area contributed by atoms with E-state index in [1.54, 1.807) is 21.1 Å². The molecule has 0 N–H and O–H groups in total. The van der Waals surface area contributed by atoms with Crippen molar-refractivity contribution in [2.24, 2.45) is 0 Å². The molecular weight excluding hydrogens is 430 g/mol. The van der Waals surface area contributed by atoms with E-state index in [2.05, 4.69) is 65.6 Å². The van der Waals surface area contributed by atoms with Crippen molar-refractivity contribution in [3.63, 3.8) is 0 Å². The van der Waals surface area contributed by atoms with E-state index in [4.69, 9.17) is 0 Å². The maximum atomic E-state index is 13.4. The summed E-state index contributed by atoms with van der Waals surface area (Å²) in [6, 6.07) is 24.9. The van der Waals surface area contributed by atoms with Crippen LogP contribution >= 0.6 is 11.3 Å². The van der Waals surface area contributed by atoms with Gasteiger partial charge in [-0.15, -0.1) is 11.3 Å². The van der Waals surface area contributed by atoms with Gasteiger partial charge in [0.25, 0.3) is 0 Å². The molecule has 2 fully saturated rings. The van der Waals surface area contributed by atoms with Gasteiger partial charge in [-0.3, -0.25) is 14.5 Å². The zero-order valence-electron chi connectivity index (χ0n) is 18.3. The molecule has 0 spiro atoms. The van der Waals surface area contributed by atoms with E-state index in [1.165, 1.54) is 26.4 Å². The molecule has 2 saturated heterocycles. The van der Waals surface area contributed by atoms with Crippen molar-refractivity contribution in [1.29, 1.82) is 0 Å². The van der Waals surface area contributed by atoms with Crippen molar-refractivity contribution in [1.82, 2.24) is 14.7 Å². The van der Waals surface area contributed by atoms with Crippen LogP contribution in [-0.4, -0.2) is 58.7 Å². The number of carbonyl (C=O) groups is 2. The normalized spacial score (nSPS) is 19.5. The summed E-state index contributed by atoms with van der Waals surface area (Å²) >= 11 is 1.70. The molecule has 2 aliphatic rings. The molecule has 0 aliphatic carbocycles. The Hall–Kier alpha value is -3.22. The third-order valence-corrected chi connectivity index (χ3v) is 7.85. The second-order valence-corrected chi connectivity index (χ2v) is 10.1. The van der Waals surface area contributed by atoms with Gasteiger partial charge in [-0.2, -0.15) is 0 Å². The smallest absolute Gasteiger partial charge is 0.247 e. The van der Waals surface area contributed by atoms with Crippen molar-refractivity contribution in [2.75, 3.05) is 26.2 Å². The number of rotatable bonds is 4. The molecule has 2 amide bonds. The van der Waals surface area contributed by atoms with Crippen molar-refractivity contribution in [2.45, 2.75) is 19.1 Å². The standard InChI is InChI=1S/C27H25N3O2S/c31-26-18-29(16-23-14-22-7-3-4-8-25(22)33-23)27(32)24-17-28(11-12-30(24)26)15-19-9-10-20-5-1-2-6-21(20)13-19/h1-10,13-14,24H,11-12,15-18H2. The van der Waals surface area contributed by atoms with Crippen LogP contribution in [0.3, 0.4) is 0 Å². The van der Waals surface area contributed by atoms with Crippen LogP contribution in [0.4, 0.5) is 0 Å². The predicted molar refractivity (Wildman–Crippen MR) is 132 cm³/mol. The molecule has 3 heterocycles. The van der Waals surface area contributed by atoms with E-state index >= 15 is 0 Å². The van der Waals surface area contributed by atoms with E-state index in [0.29, 0.717) is 19.6 Å². The molecule has 33 heavy (non-hydrogen) atoms. The third kappa shape index (κ3) is 3.90. The lowest BCUT2D eigenvalue weighted by atomic mass is 10.0. The Balaban J connectivity index is 1.18. The van der Waals surface area contributed by atoms with Gasteiger partial charge in [0.05, 0.1) is 6.54 Å². The van der Waals surface area contributed by atoms with Crippen molar-refractivity contribution >= 4 is 44.0 Å². The molecule has 4 aromatic rings. The van der Waals surface area contributed by atoms with Gasteiger partial charge in [0.15, 0.2) is 0 Å². The summed E-state index contributed by atoms with van der Waals surface area (Å²) in [7, 11) is 0. The zero-order valence-corrected chi connectivity index (χ0v) is 19.1. The van der Waals surface area contributed by atoms with Gasteiger partial charge >= 0.3 is 0 Å². The number of carbonyl (C=O) groups excluding carboxylic acids is 2. The molecule has 0 radical (unpaired) electrons. The Kier molecular flexibility index (Phi) is 5.12. The first kappa shape index (κ1) is 20.4. The molecule has 1 aromatic heterocycles. The monoisotopic (exact) mass is 455 g/mol. The largest absolute Gasteiger partial charge is 0.327 e. The molecule has 6 heteroatoms. The Morgan fingerprint density at radius 3 is 2.45 bits per heavy atom. The summed E-state index contributed by atoms with van der Waals surface area (Å²) in [5, 5.41) is 3.65. The first-order chi connectivity index (χ1) is 16.1. The van der Waals surface area contributed by atoms with Gasteiger partial charge in [0.2, 0.25) is 11.8 Å². The van der Waals surface area contributed by atoms with E-state index < -0.39 is 6.04 Å². The molecule has 3 aromatic carbocycles. The van der Waals surface area contributed by atoms with Crippen LogP contribution in [0.2, 0.25) is 0 Å². The highest BCUT2D eigenvalue weighted by molar-refractivity contribution is 7.19. The first-order valence-corrected chi connectivity index (χ1v) is 12.2. The van der Waals surface area contributed by atoms with Gasteiger partial charge < -0.3 is 9.80 Å². The average molecular weight is 456 g/mol. The van der Waals surface area contributed by atoms with Crippen LogP contribution in [-0.2, 0) is 22.7 Å². The molecule has 0 bridgehead atoms. The lowest BCUT2D eigenvalue weighted by Crippen LogP contribution is -2.66. The highest BCUT2D eigenvalue weighted by atomic mass is 32.1. The summed E-state index contributed by atoms with van der Waals surface area (Å²) in [5.74, 6) is 0.126. The third-order valence-electron chi connectivity index (χ3n) is 6.75. The molecule has 6 rings (SSSR count). The summed E-state index contributed by atoms with van der Waals surface area (Å²) in [6.07, 6.45) is 0. The van der Waals surface area contributed by atoms with Crippen LogP contribution < -0.4 is 0 Å². The molecule has 0 saturated carbocycles. The molecular formula is C27H25N3O2S. The van der Waals surface area contributed by atoms with E-state index in [-0.39, 0.29) is 18.4 Å². The molecule has 2 aliphatic heterocycles. The number of benzene rings is 3. The highest BCUT2D eigenvalue weighted by Crippen LogP contribution is 2.28. The summed E-state index contributed by atoms with van der Waals surface area (Å²) in [4.78, 5) is 33.2. The number of piperazine rings is 2. The van der Waals surface area contributed by atoms with Gasteiger partial charge in [0, 0.05) is 35.8 Å². The fourth-order valence-corrected chi connectivity index (χ4v) is 6.15. The highest BCUT2D eigenvalue weighted by Gasteiger charge is 2.42. The predicted octanol–water partition coefficient (Wildman–Crippen LogP) is 4.11. The fraction of sp³-hybridized carbons (Fsp3) is 0.259. The maximum absolute atomic E-state index is 13.4. The molecule has 5 nitrogen and oxygen atoms in total. The quantitative estimate of drug-likeness (QED) is 0.465. The lowest BCUT2D eigenvalue weighted by Gasteiger charge is -2.46. The Labute approximate surface area is 196 Å². The van der Waals surface area contributed by atoms with Crippen molar-refractivity contribution in [3.05, 3.63) is 83.2 Å². The average Bonchev–Trinajstić information content (AvgIpc) is 3.25. The minimum absolute atomic E-state index is 0.0612. The van der Waals surface area contributed by atoms with Crippen molar-refractivity contribution < 1.29 is 9.59 Å². The van der Waals surface area contributed by atoms with Crippen LogP contribution in [0.25, 0.3) is 20.9 Å². The lowest BCUT2D eigenvalue weighted by molar-refractivity contribution is -0.160. The number of fused-ring (bicyclic) bond motifs is 3. The molecule has 1 unspecified atom stereocenters. The van der Waals surface area contributed by atoms with Gasteiger partial charge in [0.1, 0.15) is 12.6 Å². The van der Waals surface area contributed by atoms with Gasteiger partial charge in [-0.05, 0) is 39.9 Å². The Bertz CT molecular complexity index is 1330. The van der Waals surface area contributed by atoms with E-state index in [1.807, 2.05) is 12.1 Å².